The molecule has 0 spiro atoms. The quantitative estimate of drug-likeness (QED) is 0.417. The monoisotopic (exact) mass is 416 g/mol. The van der Waals surface area contributed by atoms with Crippen LogP contribution in [0.3, 0.4) is 0 Å². The van der Waals surface area contributed by atoms with Crippen molar-refractivity contribution in [3.8, 4) is 0 Å². The Hall–Kier alpha value is 0.112. The molecule has 1 saturated heterocycles. The first-order valence-corrected chi connectivity index (χ1v) is 7.44. The minimum atomic E-state index is 0. The van der Waals surface area contributed by atoms with E-state index in [2.05, 4.69) is 60.7 Å². The minimum Gasteiger partial charge on any atom is -1.00 e. The molecule has 20 heavy (non-hydrogen) atoms. The van der Waals surface area contributed by atoms with Gasteiger partial charge in [-0.15, -0.1) is 8.58 Å². The molecule has 1 aliphatic heterocycles. The SMILES string of the molecule is [Cl-].[Cl-].[Pd+2].c1ccc(CCC2PC2c2ccccc2)cc1. The van der Waals surface area contributed by atoms with Crippen LogP contribution >= 0.6 is 8.58 Å². The number of halogens is 2. The first-order chi connectivity index (χ1) is 8.43. The Labute approximate surface area is 149 Å². The van der Waals surface area contributed by atoms with E-state index in [1.165, 1.54) is 18.4 Å². The number of benzene rings is 2. The molecule has 3 rings (SSSR count). The molecule has 0 bridgehead atoms. The van der Waals surface area contributed by atoms with Crippen LogP contribution in [0.15, 0.2) is 60.7 Å². The molecule has 3 unspecified atom stereocenters. The number of rotatable bonds is 4. The zero-order valence-corrected chi connectivity index (χ0v) is 15.0. The Balaban J connectivity index is 0.00000120. The fourth-order valence-electron chi connectivity index (χ4n) is 2.38. The topological polar surface area (TPSA) is 0 Å². The number of hydrogen-bond donors (Lipinski definition) is 0. The van der Waals surface area contributed by atoms with Crippen molar-refractivity contribution < 1.29 is 45.2 Å². The maximum atomic E-state index is 2.28. The summed E-state index contributed by atoms with van der Waals surface area (Å²) in [4.78, 5) is 0. The van der Waals surface area contributed by atoms with Gasteiger partial charge in [0, 0.05) is 5.66 Å². The molecular formula is C16H17Cl2PPd. The van der Waals surface area contributed by atoms with Crippen molar-refractivity contribution in [3.05, 3.63) is 71.8 Å². The van der Waals surface area contributed by atoms with Gasteiger partial charge < -0.3 is 24.8 Å². The van der Waals surface area contributed by atoms with Crippen LogP contribution in [-0.4, -0.2) is 5.66 Å². The van der Waals surface area contributed by atoms with Crippen molar-refractivity contribution in [2.45, 2.75) is 24.2 Å². The molecule has 0 amide bonds. The third-order valence-corrected chi connectivity index (χ3v) is 5.19. The molecule has 2 aromatic carbocycles. The van der Waals surface area contributed by atoms with E-state index in [1.807, 2.05) is 0 Å². The van der Waals surface area contributed by atoms with Gasteiger partial charge in [0.1, 0.15) is 0 Å². The average molecular weight is 418 g/mol. The van der Waals surface area contributed by atoms with Gasteiger partial charge in [0.2, 0.25) is 0 Å². The first-order valence-electron chi connectivity index (χ1n) is 6.28. The number of aryl methyl sites for hydroxylation is 1. The molecule has 0 N–H and O–H groups in total. The first kappa shape index (κ1) is 20.1. The van der Waals surface area contributed by atoms with Gasteiger partial charge in [0.15, 0.2) is 0 Å². The van der Waals surface area contributed by atoms with Gasteiger partial charge in [-0.1, -0.05) is 60.7 Å². The van der Waals surface area contributed by atoms with Crippen molar-refractivity contribution in [2.75, 3.05) is 0 Å². The second-order valence-electron chi connectivity index (χ2n) is 4.69. The molecule has 2 aromatic rings. The van der Waals surface area contributed by atoms with Crippen LogP contribution in [0.4, 0.5) is 0 Å². The molecule has 1 fully saturated rings. The van der Waals surface area contributed by atoms with Crippen molar-refractivity contribution in [2.24, 2.45) is 0 Å². The van der Waals surface area contributed by atoms with Gasteiger partial charge >= 0.3 is 20.4 Å². The van der Waals surface area contributed by atoms with Gasteiger partial charge in [-0.05, 0) is 29.6 Å². The third-order valence-electron chi connectivity index (χ3n) is 3.43. The molecule has 1 heterocycles. The predicted octanol–water partition coefficient (Wildman–Crippen LogP) is -1.57. The van der Waals surface area contributed by atoms with Crippen LogP contribution in [0.25, 0.3) is 0 Å². The third kappa shape index (κ3) is 5.48. The van der Waals surface area contributed by atoms with Gasteiger partial charge in [-0.25, -0.2) is 0 Å². The maximum Gasteiger partial charge on any atom is 2.00 e. The van der Waals surface area contributed by atoms with E-state index in [0.717, 1.165) is 19.9 Å². The van der Waals surface area contributed by atoms with Crippen molar-refractivity contribution in [1.82, 2.24) is 0 Å². The summed E-state index contributed by atoms with van der Waals surface area (Å²) in [5.41, 5.74) is 4.83. The van der Waals surface area contributed by atoms with E-state index in [0.29, 0.717) is 0 Å². The van der Waals surface area contributed by atoms with Crippen LogP contribution < -0.4 is 24.8 Å². The summed E-state index contributed by atoms with van der Waals surface area (Å²) in [5.74, 6) is 0. The van der Waals surface area contributed by atoms with Crippen LogP contribution in [0.5, 0.6) is 0 Å². The summed E-state index contributed by atoms with van der Waals surface area (Å²) >= 11 is 0. The molecule has 0 aromatic heterocycles. The Kier molecular flexibility index (Phi) is 10.00. The fraction of sp³-hybridized carbons (Fsp3) is 0.250. The predicted molar refractivity (Wildman–Crippen MR) is 76.0 cm³/mol. The second kappa shape index (κ2) is 9.94. The molecule has 3 atom stereocenters. The van der Waals surface area contributed by atoms with Crippen LogP contribution in [0.1, 0.15) is 23.2 Å². The van der Waals surface area contributed by atoms with Crippen molar-refractivity contribution in [1.29, 1.82) is 0 Å². The van der Waals surface area contributed by atoms with Gasteiger partial charge in [-0.2, -0.15) is 0 Å². The van der Waals surface area contributed by atoms with E-state index in [9.17, 15) is 0 Å². The van der Waals surface area contributed by atoms with Gasteiger partial charge in [-0.3, -0.25) is 0 Å². The molecular weight excluding hydrogens is 400 g/mol. The van der Waals surface area contributed by atoms with Gasteiger partial charge in [0.25, 0.3) is 0 Å². The average Bonchev–Trinajstić information content (AvgIpc) is 3.18. The summed E-state index contributed by atoms with van der Waals surface area (Å²) < 4.78 is 0. The van der Waals surface area contributed by atoms with E-state index >= 15 is 0 Å². The molecule has 4 heteroatoms. The van der Waals surface area contributed by atoms with E-state index in [4.69, 9.17) is 0 Å². The normalized spacial score (nSPS) is 20.2. The molecule has 110 valence electrons. The van der Waals surface area contributed by atoms with Crippen LogP contribution in [-0.2, 0) is 26.8 Å². The smallest absolute Gasteiger partial charge is 1.00 e. The molecule has 0 aliphatic carbocycles. The van der Waals surface area contributed by atoms with Gasteiger partial charge in [0.05, 0.1) is 0 Å². The van der Waals surface area contributed by atoms with Crippen LogP contribution in [0.2, 0.25) is 0 Å². The fourth-order valence-corrected chi connectivity index (χ4v) is 3.79. The Morgan fingerprint density at radius 1 is 0.800 bits per heavy atom. The minimum absolute atomic E-state index is 0. The summed E-state index contributed by atoms with van der Waals surface area (Å²) in [6.07, 6.45) is 2.59. The Morgan fingerprint density at radius 2 is 1.35 bits per heavy atom. The summed E-state index contributed by atoms with van der Waals surface area (Å²) in [6.45, 7) is 0. The van der Waals surface area contributed by atoms with E-state index < -0.39 is 0 Å². The van der Waals surface area contributed by atoms with Crippen molar-refractivity contribution >= 4 is 8.58 Å². The summed E-state index contributed by atoms with van der Waals surface area (Å²) in [7, 11) is 1.14. The van der Waals surface area contributed by atoms with E-state index in [-0.39, 0.29) is 45.2 Å². The second-order valence-corrected chi connectivity index (χ2v) is 6.38. The molecule has 0 nitrogen and oxygen atoms in total. The molecule has 0 radical (unpaired) electrons. The summed E-state index contributed by atoms with van der Waals surface area (Å²) in [5, 5.41) is 0. The largest absolute Gasteiger partial charge is 2.00 e. The molecule has 0 saturated carbocycles. The zero-order chi connectivity index (χ0) is 11.5. The Morgan fingerprint density at radius 3 is 1.95 bits per heavy atom. The van der Waals surface area contributed by atoms with E-state index in [1.54, 1.807) is 5.56 Å². The van der Waals surface area contributed by atoms with Crippen LogP contribution in [0, 0.1) is 0 Å². The number of hydrogen-bond acceptors (Lipinski definition) is 0. The standard InChI is InChI=1S/C16H17P.2ClH.Pd/c1-3-7-13(8-4-1)11-12-15-16(17-15)14-9-5-2-6-10-14;;;/h1-10,15-17H,11-12H2;2*1H;/q;;;+2/p-2. The molecule has 1 aliphatic rings. The zero-order valence-electron chi connectivity index (χ0n) is 10.9. The maximum absolute atomic E-state index is 2.28. The van der Waals surface area contributed by atoms with Crippen molar-refractivity contribution in [3.63, 3.8) is 0 Å². The Bertz CT molecular complexity index is 478. The summed E-state index contributed by atoms with van der Waals surface area (Å²) in [6, 6.07) is 21.8.